The number of halogens is 21. The van der Waals surface area contributed by atoms with Crippen molar-refractivity contribution in [2.75, 3.05) is 13.2 Å². The van der Waals surface area contributed by atoms with Gasteiger partial charge in [-0.05, 0) is 19.3 Å². The van der Waals surface area contributed by atoms with E-state index in [2.05, 4.69) is 4.43 Å². The fourth-order valence-corrected chi connectivity index (χ4v) is 4.29. The highest BCUT2D eigenvalue weighted by molar-refractivity contribution is 6.36. The quantitative estimate of drug-likeness (QED) is 0.105. The van der Waals surface area contributed by atoms with Gasteiger partial charge >= 0.3 is 69.0 Å². The summed E-state index contributed by atoms with van der Waals surface area (Å²) < 4.78 is 299. The summed E-state index contributed by atoms with van der Waals surface area (Å²) in [5.74, 6) is -77.6. The predicted molar refractivity (Wildman–Crippen MR) is 104 cm³/mol. The molecular formula is C19H20F21O3Si. The van der Waals surface area contributed by atoms with E-state index in [1.807, 2.05) is 0 Å². The van der Waals surface area contributed by atoms with Gasteiger partial charge in [-0.2, -0.15) is 92.2 Å². The number of rotatable bonds is 18. The lowest BCUT2D eigenvalue weighted by Crippen LogP contribution is -2.77. The molecule has 1 radical (unpaired) electrons. The molecule has 0 aliphatic rings. The van der Waals surface area contributed by atoms with Crippen molar-refractivity contribution in [2.24, 2.45) is 0 Å². The summed E-state index contributed by atoms with van der Waals surface area (Å²) in [6, 6.07) is 0. The second kappa shape index (κ2) is 13.0. The Labute approximate surface area is 234 Å². The second-order valence-corrected chi connectivity index (χ2v) is 9.99. The summed E-state index contributed by atoms with van der Waals surface area (Å²) in [7, 11) is -3.67. The van der Waals surface area contributed by atoms with Gasteiger partial charge in [-0.3, -0.25) is 0 Å². The van der Waals surface area contributed by atoms with Gasteiger partial charge in [0.2, 0.25) is 0 Å². The minimum Gasteiger partial charge on any atom is -0.371 e. The van der Waals surface area contributed by atoms with Crippen LogP contribution in [0.3, 0.4) is 0 Å². The van der Waals surface area contributed by atoms with Crippen LogP contribution in [0, 0.1) is 0 Å². The molecule has 0 saturated carbocycles. The summed E-state index contributed by atoms with van der Waals surface area (Å²) in [4.78, 5) is 0. The molecule has 0 bridgehead atoms. The minimum atomic E-state index is -9.21. The highest BCUT2D eigenvalue weighted by Crippen LogP contribution is 2.66. The maximum absolute atomic E-state index is 14.6. The van der Waals surface area contributed by atoms with Crippen LogP contribution in [0.1, 0.15) is 40.0 Å². The van der Waals surface area contributed by atoms with Crippen molar-refractivity contribution in [3.63, 3.8) is 0 Å². The Morgan fingerprint density at radius 2 is 0.705 bits per heavy atom. The van der Waals surface area contributed by atoms with E-state index in [1.54, 1.807) is 0 Å². The summed E-state index contributed by atoms with van der Waals surface area (Å²) in [5.41, 5.74) is 0. The third-order valence-electron chi connectivity index (χ3n) is 5.40. The summed E-state index contributed by atoms with van der Waals surface area (Å²) in [5, 5.41) is 0. The minimum absolute atomic E-state index is 0.0303. The van der Waals surface area contributed by atoms with Crippen LogP contribution in [-0.4, -0.2) is 88.3 Å². The van der Waals surface area contributed by atoms with Crippen LogP contribution in [-0.2, 0) is 13.3 Å². The molecule has 0 heterocycles. The van der Waals surface area contributed by atoms with Crippen LogP contribution in [0.2, 0.25) is 0 Å². The molecule has 265 valence electrons. The normalized spacial score (nSPS) is 16.6. The van der Waals surface area contributed by atoms with Crippen LogP contribution < -0.4 is 0 Å². The Morgan fingerprint density at radius 1 is 0.432 bits per heavy atom. The fourth-order valence-electron chi connectivity index (χ4n) is 2.78. The van der Waals surface area contributed by atoms with E-state index >= 15 is 0 Å². The molecule has 0 N–H and O–H groups in total. The van der Waals surface area contributed by atoms with Gasteiger partial charge in [-0.15, -0.1) is 0 Å². The zero-order valence-corrected chi connectivity index (χ0v) is 22.8. The Balaban J connectivity index is 7.01. The highest BCUT2D eigenvalue weighted by Gasteiger charge is 2.98. The average molecular weight is 723 g/mol. The molecular weight excluding hydrogens is 703 g/mol. The molecule has 44 heavy (non-hydrogen) atoms. The molecule has 25 heteroatoms. The molecule has 0 amide bonds. The topological polar surface area (TPSA) is 27.7 Å². The lowest BCUT2D eigenvalue weighted by atomic mass is 9.85. The Kier molecular flexibility index (Phi) is 12.6. The standard InChI is InChI=1S/C19H20F21O3Si/c1-4-7-41-44(42-8-5-2)43-9(6-3)10(20,21)11(22,23)12(24,25)13(26,27)14(28,29)15(30,31)16(32,33)17(34,35)18(36,37)19(38,39)40/h9H,4-8H2,1-3H3. The summed E-state index contributed by atoms with van der Waals surface area (Å²) in [6.07, 6.45) is -13.4. The van der Waals surface area contributed by atoms with Crippen LogP contribution in [0.4, 0.5) is 92.2 Å². The van der Waals surface area contributed by atoms with Gasteiger partial charge in [0.15, 0.2) is 0 Å². The van der Waals surface area contributed by atoms with Gasteiger partial charge in [-0.1, -0.05) is 20.8 Å². The van der Waals surface area contributed by atoms with Gasteiger partial charge in [0, 0.05) is 13.2 Å². The van der Waals surface area contributed by atoms with E-state index in [-0.39, 0.29) is 12.8 Å². The van der Waals surface area contributed by atoms with E-state index in [0.717, 1.165) is 0 Å². The molecule has 0 aliphatic heterocycles. The first kappa shape index (κ1) is 42.6. The zero-order chi connectivity index (χ0) is 35.8. The van der Waals surface area contributed by atoms with Crippen LogP contribution in [0.15, 0.2) is 0 Å². The first-order valence-corrected chi connectivity index (χ1v) is 12.7. The molecule has 1 atom stereocenters. The van der Waals surface area contributed by atoms with Gasteiger partial charge in [0.1, 0.15) is 6.10 Å². The first-order valence-electron chi connectivity index (χ1n) is 11.5. The number of alkyl halides is 21. The molecule has 3 nitrogen and oxygen atoms in total. The Morgan fingerprint density at radius 3 is 0.955 bits per heavy atom. The van der Waals surface area contributed by atoms with E-state index in [0.29, 0.717) is 6.92 Å². The second-order valence-electron chi connectivity index (χ2n) is 8.68. The largest absolute Gasteiger partial charge is 0.578 e. The van der Waals surface area contributed by atoms with Gasteiger partial charge in [0.25, 0.3) is 0 Å². The van der Waals surface area contributed by atoms with Crippen molar-refractivity contribution in [1.29, 1.82) is 0 Å². The summed E-state index contributed by atoms with van der Waals surface area (Å²) >= 11 is 0. The molecule has 0 aromatic carbocycles. The van der Waals surface area contributed by atoms with Crippen LogP contribution in [0.5, 0.6) is 0 Å². The predicted octanol–water partition coefficient (Wildman–Crippen LogP) is 8.90. The summed E-state index contributed by atoms with van der Waals surface area (Å²) in [6.45, 7) is 2.20. The molecule has 0 aliphatic carbocycles. The van der Waals surface area contributed by atoms with Crippen molar-refractivity contribution in [1.82, 2.24) is 0 Å². The SMILES string of the molecule is CCCO[Si](OCCC)OC(CC)C(F)(F)C(F)(F)C(F)(F)C(F)(F)C(F)(F)C(F)(F)C(F)(F)C(F)(F)C(F)(F)C(F)(F)F. The van der Waals surface area contributed by atoms with Crippen molar-refractivity contribution < 1.29 is 105 Å². The van der Waals surface area contributed by atoms with Crippen molar-refractivity contribution in [3.05, 3.63) is 0 Å². The molecule has 0 rings (SSSR count). The molecule has 0 fully saturated rings. The van der Waals surface area contributed by atoms with Crippen molar-refractivity contribution in [2.45, 2.75) is 106 Å². The van der Waals surface area contributed by atoms with Crippen LogP contribution in [0.25, 0.3) is 0 Å². The molecule has 0 aromatic rings. The smallest absolute Gasteiger partial charge is 0.371 e. The zero-order valence-electron chi connectivity index (χ0n) is 21.8. The Hall–Kier alpha value is -1.37. The molecule has 1 unspecified atom stereocenters. The van der Waals surface area contributed by atoms with E-state index in [9.17, 15) is 92.2 Å². The number of hydrogen-bond donors (Lipinski definition) is 0. The molecule has 0 saturated heterocycles. The lowest BCUT2D eigenvalue weighted by molar-refractivity contribution is -0.475. The van der Waals surface area contributed by atoms with Crippen molar-refractivity contribution >= 4 is 9.53 Å². The molecule has 0 aromatic heterocycles. The maximum Gasteiger partial charge on any atom is 0.578 e. The highest BCUT2D eigenvalue weighted by atomic mass is 28.3. The van der Waals surface area contributed by atoms with Gasteiger partial charge in [-0.25, -0.2) is 0 Å². The third-order valence-corrected chi connectivity index (χ3v) is 6.75. The van der Waals surface area contributed by atoms with Gasteiger partial charge in [0.05, 0.1) is 0 Å². The van der Waals surface area contributed by atoms with Gasteiger partial charge < -0.3 is 13.3 Å². The number of hydrogen-bond acceptors (Lipinski definition) is 3. The molecule has 0 spiro atoms. The lowest BCUT2D eigenvalue weighted by Gasteiger charge is -2.45. The van der Waals surface area contributed by atoms with E-state index < -0.39 is 94.7 Å². The first-order chi connectivity index (χ1) is 19.2. The average Bonchev–Trinajstić information content (AvgIpc) is 2.86. The van der Waals surface area contributed by atoms with Crippen molar-refractivity contribution in [3.8, 4) is 0 Å². The monoisotopic (exact) mass is 723 g/mol. The van der Waals surface area contributed by atoms with E-state index in [4.69, 9.17) is 8.85 Å². The fraction of sp³-hybridized carbons (Fsp3) is 1.00. The Bertz CT molecular complexity index is 928. The van der Waals surface area contributed by atoms with E-state index in [1.165, 1.54) is 13.8 Å². The third kappa shape index (κ3) is 6.43. The maximum atomic E-state index is 14.6. The van der Waals surface area contributed by atoms with Crippen LogP contribution >= 0.6 is 0 Å².